The van der Waals surface area contributed by atoms with Gasteiger partial charge in [0.15, 0.2) is 5.60 Å². The number of benzene rings is 1. The summed E-state index contributed by atoms with van der Waals surface area (Å²) in [6.45, 7) is 0. The lowest BCUT2D eigenvalue weighted by Crippen LogP contribution is -2.39. The van der Waals surface area contributed by atoms with Crippen molar-refractivity contribution in [2.75, 3.05) is 12.4 Å². The number of ether oxygens (including phenoxy) is 1. The molecule has 3 rings (SSSR count). The number of rotatable bonds is 4. The third kappa shape index (κ3) is 2.94. The van der Waals surface area contributed by atoms with Crippen molar-refractivity contribution in [1.29, 1.82) is 0 Å². The van der Waals surface area contributed by atoms with Crippen molar-refractivity contribution in [3.8, 4) is 0 Å². The minimum Gasteiger partial charge on any atom is -0.381 e. The van der Waals surface area contributed by atoms with Gasteiger partial charge in [-0.3, -0.25) is 9.59 Å². The Labute approximate surface area is 150 Å². The van der Waals surface area contributed by atoms with Crippen LogP contribution in [0.3, 0.4) is 0 Å². The number of fused-ring (bicyclic) bond motifs is 1. The minimum absolute atomic E-state index is 0.133. The first-order valence-electron chi connectivity index (χ1n) is 7.94. The lowest BCUT2D eigenvalue weighted by Gasteiger charge is -2.29. The highest BCUT2D eigenvalue weighted by Gasteiger charge is 2.49. The van der Waals surface area contributed by atoms with Crippen molar-refractivity contribution in [3.05, 3.63) is 27.7 Å². The second kappa shape index (κ2) is 6.64. The molecule has 1 aliphatic heterocycles. The van der Waals surface area contributed by atoms with Gasteiger partial charge in [-0.25, -0.2) is 0 Å². The van der Waals surface area contributed by atoms with E-state index in [0.717, 1.165) is 12.8 Å². The molecule has 1 aliphatic carbocycles. The van der Waals surface area contributed by atoms with E-state index in [9.17, 15) is 14.7 Å². The Balaban J connectivity index is 1.82. The molecule has 130 valence electrons. The van der Waals surface area contributed by atoms with Gasteiger partial charge in [-0.15, -0.1) is 0 Å². The molecule has 7 heteroatoms. The van der Waals surface area contributed by atoms with Gasteiger partial charge in [0.05, 0.1) is 16.8 Å². The molecule has 1 heterocycles. The van der Waals surface area contributed by atoms with E-state index < -0.39 is 11.5 Å². The zero-order valence-corrected chi connectivity index (χ0v) is 14.8. The van der Waals surface area contributed by atoms with Crippen LogP contribution in [0.4, 0.5) is 5.69 Å². The fourth-order valence-electron chi connectivity index (χ4n) is 3.59. The molecule has 1 saturated carbocycles. The Hall–Kier alpha value is -1.14. The van der Waals surface area contributed by atoms with Gasteiger partial charge in [-0.05, 0) is 37.8 Å². The van der Waals surface area contributed by atoms with Crippen LogP contribution in [-0.2, 0) is 19.9 Å². The van der Waals surface area contributed by atoms with Crippen LogP contribution in [0.15, 0.2) is 12.1 Å². The molecule has 0 radical (unpaired) electrons. The van der Waals surface area contributed by atoms with Gasteiger partial charge in [-0.2, -0.15) is 0 Å². The zero-order valence-electron chi connectivity index (χ0n) is 13.3. The number of carbonyl (C=O) groups is 2. The lowest BCUT2D eigenvalue weighted by molar-refractivity contribution is -0.142. The maximum absolute atomic E-state index is 12.6. The number of hydrogen-bond acceptors (Lipinski definition) is 4. The first-order valence-corrected chi connectivity index (χ1v) is 8.70. The van der Waals surface area contributed by atoms with E-state index in [2.05, 4.69) is 5.32 Å². The van der Waals surface area contributed by atoms with Gasteiger partial charge >= 0.3 is 0 Å². The van der Waals surface area contributed by atoms with E-state index in [-0.39, 0.29) is 45.5 Å². The molecule has 1 fully saturated rings. The topological polar surface area (TPSA) is 75.6 Å². The van der Waals surface area contributed by atoms with Gasteiger partial charge in [0.2, 0.25) is 0 Å². The summed E-state index contributed by atoms with van der Waals surface area (Å²) in [6.07, 6.45) is 2.90. The van der Waals surface area contributed by atoms with Gasteiger partial charge in [0, 0.05) is 30.0 Å². The first-order chi connectivity index (χ1) is 11.4. The molecule has 2 N–H and O–H groups in total. The van der Waals surface area contributed by atoms with Gasteiger partial charge in [-0.1, -0.05) is 23.2 Å². The Bertz CT molecular complexity index is 685. The van der Waals surface area contributed by atoms with Crippen molar-refractivity contribution < 1.29 is 19.4 Å². The van der Waals surface area contributed by atoms with Crippen LogP contribution in [0.25, 0.3) is 0 Å². The van der Waals surface area contributed by atoms with Crippen LogP contribution in [0.1, 0.15) is 37.7 Å². The SMILES string of the molecule is COC1CCC(C(=O)CC2(O)C(=O)Nc3c(Cl)ccc(Cl)c32)CC1. The third-order valence-corrected chi connectivity index (χ3v) is 5.65. The van der Waals surface area contributed by atoms with Crippen LogP contribution in [-0.4, -0.2) is 30.0 Å². The predicted octanol–water partition coefficient (Wildman–Crippen LogP) is 3.30. The number of amides is 1. The maximum atomic E-state index is 12.6. The van der Waals surface area contributed by atoms with E-state index in [1.807, 2.05) is 0 Å². The number of halogens is 2. The molecule has 1 aromatic rings. The molecule has 0 saturated heterocycles. The number of hydrogen-bond donors (Lipinski definition) is 2. The smallest absolute Gasteiger partial charge is 0.261 e. The average molecular weight is 372 g/mol. The maximum Gasteiger partial charge on any atom is 0.261 e. The van der Waals surface area contributed by atoms with Crippen LogP contribution in [0, 0.1) is 5.92 Å². The standard InChI is InChI=1S/C17H19Cl2NO4/c1-24-10-4-2-9(3-5-10)13(21)8-17(23)14-11(18)6-7-12(19)15(14)20-16(17)22/h6-7,9-10,23H,2-5,8H2,1H3,(H,20,22). The van der Waals surface area contributed by atoms with Crippen molar-refractivity contribution in [3.63, 3.8) is 0 Å². The summed E-state index contributed by atoms with van der Waals surface area (Å²) >= 11 is 12.2. The molecule has 0 bridgehead atoms. The number of nitrogens with one attached hydrogen (secondary N) is 1. The number of Topliss-reactive ketones (excluding diaryl/α,β-unsaturated/α-hetero) is 1. The first kappa shape index (κ1) is 17.7. The Morgan fingerprint density at radius 3 is 2.54 bits per heavy atom. The summed E-state index contributed by atoms with van der Waals surface area (Å²) in [5.74, 6) is -0.965. The summed E-state index contributed by atoms with van der Waals surface area (Å²) in [5.41, 5.74) is -1.49. The van der Waals surface area contributed by atoms with Crippen molar-refractivity contribution in [1.82, 2.24) is 0 Å². The average Bonchev–Trinajstić information content (AvgIpc) is 2.83. The second-order valence-corrected chi connectivity index (χ2v) is 7.26. The normalized spacial score (nSPS) is 29.2. The molecule has 24 heavy (non-hydrogen) atoms. The van der Waals surface area contributed by atoms with E-state index >= 15 is 0 Å². The molecule has 1 amide bonds. The second-order valence-electron chi connectivity index (χ2n) is 6.45. The molecular formula is C17H19Cl2NO4. The van der Waals surface area contributed by atoms with Crippen LogP contribution < -0.4 is 5.32 Å². The molecule has 5 nitrogen and oxygen atoms in total. The monoisotopic (exact) mass is 371 g/mol. The predicted molar refractivity (Wildman–Crippen MR) is 91.4 cm³/mol. The minimum atomic E-state index is -1.97. The molecule has 2 aliphatic rings. The highest BCUT2D eigenvalue weighted by atomic mass is 35.5. The summed E-state index contributed by atoms with van der Waals surface area (Å²) in [5, 5.41) is 14.0. The number of methoxy groups -OCH3 is 1. The molecule has 1 unspecified atom stereocenters. The van der Waals surface area contributed by atoms with Gasteiger partial charge in [0.1, 0.15) is 5.78 Å². The number of carbonyl (C=O) groups excluding carboxylic acids is 2. The van der Waals surface area contributed by atoms with Crippen LogP contribution in [0.5, 0.6) is 0 Å². The number of ketones is 1. The van der Waals surface area contributed by atoms with E-state index in [4.69, 9.17) is 27.9 Å². The molecular weight excluding hydrogens is 353 g/mol. The number of anilines is 1. The quantitative estimate of drug-likeness (QED) is 0.851. The highest BCUT2D eigenvalue weighted by molar-refractivity contribution is 6.38. The highest BCUT2D eigenvalue weighted by Crippen LogP contribution is 2.46. The van der Waals surface area contributed by atoms with Crippen molar-refractivity contribution in [2.24, 2.45) is 5.92 Å². The van der Waals surface area contributed by atoms with Crippen molar-refractivity contribution in [2.45, 2.75) is 43.8 Å². The zero-order chi connectivity index (χ0) is 17.5. The molecule has 0 spiro atoms. The van der Waals surface area contributed by atoms with Crippen LogP contribution >= 0.6 is 23.2 Å². The molecule has 1 atom stereocenters. The molecule has 1 aromatic carbocycles. The number of aliphatic hydroxyl groups is 1. The summed E-state index contributed by atoms with van der Waals surface area (Å²) in [7, 11) is 1.67. The Kier molecular flexibility index (Phi) is 4.89. The Morgan fingerprint density at radius 2 is 1.92 bits per heavy atom. The summed E-state index contributed by atoms with van der Waals surface area (Å²) < 4.78 is 5.31. The fourth-order valence-corrected chi connectivity index (χ4v) is 4.11. The van der Waals surface area contributed by atoms with E-state index in [1.54, 1.807) is 13.2 Å². The fraction of sp³-hybridized carbons (Fsp3) is 0.529. The summed E-state index contributed by atoms with van der Waals surface area (Å²) in [4.78, 5) is 25.0. The van der Waals surface area contributed by atoms with Gasteiger partial charge in [0.25, 0.3) is 5.91 Å². The van der Waals surface area contributed by atoms with E-state index in [1.165, 1.54) is 6.07 Å². The Morgan fingerprint density at radius 1 is 1.29 bits per heavy atom. The lowest BCUT2D eigenvalue weighted by atomic mass is 9.79. The van der Waals surface area contributed by atoms with Crippen LogP contribution in [0.2, 0.25) is 10.0 Å². The molecule has 0 aromatic heterocycles. The van der Waals surface area contributed by atoms with Crippen molar-refractivity contribution >= 4 is 40.6 Å². The van der Waals surface area contributed by atoms with Gasteiger partial charge < -0.3 is 15.2 Å². The third-order valence-electron chi connectivity index (χ3n) is 5.02. The van der Waals surface area contributed by atoms with E-state index in [0.29, 0.717) is 12.8 Å². The summed E-state index contributed by atoms with van der Waals surface area (Å²) in [6, 6.07) is 3.06. The largest absolute Gasteiger partial charge is 0.381 e.